The minimum atomic E-state index is -1.00. The SMILES string of the molecule is CNC(=O)CCC1(O)CCCN(C(=O)c2cnc(C3CC3)nc2)C1. The Balaban J connectivity index is 1.62. The summed E-state index contributed by atoms with van der Waals surface area (Å²) in [5.74, 6) is 1.01. The maximum Gasteiger partial charge on any atom is 0.257 e. The van der Waals surface area contributed by atoms with Crippen LogP contribution in [0.4, 0.5) is 0 Å². The van der Waals surface area contributed by atoms with Gasteiger partial charge in [0.15, 0.2) is 0 Å². The van der Waals surface area contributed by atoms with Gasteiger partial charge in [0, 0.05) is 44.9 Å². The highest BCUT2D eigenvalue weighted by molar-refractivity contribution is 5.93. The fourth-order valence-corrected chi connectivity index (χ4v) is 3.14. The van der Waals surface area contributed by atoms with Gasteiger partial charge in [0.25, 0.3) is 5.91 Å². The fraction of sp³-hybridized carbons (Fsp3) is 0.647. The van der Waals surface area contributed by atoms with Crippen molar-refractivity contribution in [1.82, 2.24) is 20.2 Å². The van der Waals surface area contributed by atoms with E-state index in [4.69, 9.17) is 0 Å². The molecule has 1 unspecified atom stereocenters. The monoisotopic (exact) mass is 332 g/mol. The predicted octanol–water partition coefficient (Wildman–Crippen LogP) is 0.847. The first-order valence-corrected chi connectivity index (χ1v) is 8.55. The van der Waals surface area contributed by atoms with Gasteiger partial charge in [0.1, 0.15) is 5.82 Å². The standard InChI is InChI=1S/C17H24N4O3/c1-18-14(22)5-7-17(24)6-2-8-21(11-17)16(23)13-9-19-15(20-10-13)12-3-4-12/h9-10,12,24H,2-8,11H2,1H3,(H,18,22). The van der Waals surface area contributed by atoms with Gasteiger partial charge in [0.05, 0.1) is 11.2 Å². The lowest BCUT2D eigenvalue weighted by molar-refractivity contribution is -0.122. The van der Waals surface area contributed by atoms with Crippen LogP contribution in [0.2, 0.25) is 0 Å². The number of carbonyl (C=O) groups excluding carboxylic acids is 2. The molecule has 3 rings (SSSR count). The van der Waals surface area contributed by atoms with E-state index in [-0.39, 0.29) is 24.8 Å². The zero-order valence-corrected chi connectivity index (χ0v) is 14.0. The first-order chi connectivity index (χ1) is 11.5. The van der Waals surface area contributed by atoms with E-state index in [0.717, 1.165) is 25.1 Å². The summed E-state index contributed by atoms with van der Waals surface area (Å²) in [6, 6.07) is 0. The molecule has 2 amide bonds. The molecular formula is C17H24N4O3. The van der Waals surface area contributed by atoms with E-state index in [1.54, 1.807) is 24.3 Å². The molecule has 24 heavy (non-hydrogen) atoms. The lowest BCUT2D eigenvalue weighted by Gasteiger charge is -2.39. The molecule has 2 fully saturated rings. The predicted molar refractivity (Wildman–Crippen MR) is 87.4 cm³/mol. The molecule has 2 heterocycles. The van der Waals surface area contributed by atoms with Crippen molar-refractivity contribution in [1.29, 1.82) is 0 Å². The molecule has 7 heteroatoms. The third-order valence-electron chi connectivity index (χ3n) is 4.80. The number of nitrogens with one attached hydrogen (secondary N) is 1. The quantitative estimate of drug-likeness (QED) is 0.833. The van der Waals surface area contributed by atoms with Crippen LogP contribution in [0, 0.1) is 0 Å². The van der Waals surface area contributed by atoms with E-state index in [2.05, 4.69) is 15.3 Å². The molecular weight excluding hydrogens is 308 g/mol. The second-order valence-electron chi connectivity index (χ2n) is 6.83. The normalized spacial score (nSPS) is 23.8. The number of carbonyl (C=O) groups is 2. The number of hydrogen-bond donors (Lipinski definition) is 2. The number of rotatable bonds is 5. The van der Waals surface area contributed by atoms with E-state index < -0.39 is 5.60 Å². The average Bonchev–Trinajstić information content (AvgIpc) is 3.44. The number of nitrogens with zero attached hydrogens (tertiary/aromatic N) is 3. The van der Waals surface area contributed by atoms with Crippen LogP contribution < -0.4 is 5.32 Å². The van der Waals surface area contributed by atoms with Crippen LogP contribution in [0.1, 0.15) is 60.6 Å². The molecule has 0 radical (unpaired) electrons. The van der Waals surface area contributed by atoms with Gasteiger partial charge in [-0.05, 0) is 32.1 Å². The number of likely N-dealkylation sites (tertiary alicyclic amines) is 1. The maximum absolute atomic E-state index is 12.6. The minimum absolute atomic E-state index is 0.101. The van der Waals surface area contributed by atoms with Crippen LogP contribution in [0.15, 0.2) is 12.4 Å². The van der Waals surface area contributed by atoms with Crippen molar-refractivity contribution in [3.05, 3.63) is 23.8 Å². The van der Waals surface area contributed by atoms with Gasteiger partial charge in [-0.3, -0.25) is 9.59 Å². The highest BCUT2D eigenvalue weighted by Gasteiger charge is 2.36. The molecule has 1 saturated heterocycles. The summed E-state index contributed by atoms with van der Waals surface area (Å²) in [7, 11) is 1.58. The third-order valence-corrected chi connectivity index (χ3v) is 4.80. The highest BCUT2D eigenvalue weighted by atomic mass is 16.3. The maximum atomic E-state index is 12.6. The van der Waals surface area contributed by atoms with Gasteiger partial charge >= 0.3 is 0 Å². The van der Waals surface area contributed by atoms with Crippen molar-refractivity contribution in [3.8, 4) is 0 Å². The smallest absolute Gasteiger partial charge is 0.257 e. The molecule has 7 nitrogen and oxygen atoms in total. The Morgan fingerprint density at radius 3 is 2.71 bits per heavy atom. The van der Waals surface area contributed by atoms with Crippen LogP contribution in [0.5, 0.6) is 0 Å². The molecule has 0 bridgehead atoms. The Morgan fingerprint density at radius 2 is 2.08 bits per heavy atom. The van der Waals surface area contributed by atoms with E-state index in [1.807, 2.05) is 0 Å². The van der Waals surface area contributed by atoms with Gasteiger partial charge in [-0.25, -0.2) is 9.97 Å². The summed E-state index contributed by atoms with van der Waals surface area (Å²) in [4.78, 5) is 34.3. The second kappa shape index (κ2) is 6.84. The number of β-amino-alcohol motifs (C(OH)–C–C–N with tert-alkyl or cyclic N) is 1. The van der Waals surface area contributed by atoms with Gasteiger partial charge in [0.2, 0.25) is 5.91 Å². The van der Waals surface area contributed by atoms with Crippen LogP contribution >= 0.6 is 0 Å². The molecule has 130 valence electrons. The lowest BCUT2D eigenvalue weighted by atomic mass is 9.88. The first-order valence-electron chi connectivity index (χ1n) is 8.55. The summed E-state index contributed by atoms with van der Waals surface area (Å²) in [6.45, 7) is 0.846. The largest absolute Gasteiger partial charge is 0.388 e. The van der Waals surface area contributed by atoms with Crippen LogP contribution in [-0.2, 0) is 4.79 Å². The summed E-state index contributed by atoms with van der Waals surface area (Å²) in [6.07, 6.45) is 7.35. The van der Waals surface area contributed by atoms with Crippen LogP contribution in [0.25, 0.3) is 0 Å². The Bertz CT molecular complexity index is 615. The van der Waals surface area contributed by atoms with E-state index in [0.29, 0.717) is 30.9 Å². The third kappa shape index (κ3) is 3.90. The van der Waals surface area contributed by atoms with Crippen molar-refractivity contribution >= 4 is 11.8 Å². The first kappa shape index (κ1) is 16.8. The summed E-state index contributed by atoms with van der Waals surface area (Å²) in [5, 5.41) is 13.3. The number of amides is 2. The van der Waals surface area contributed by atoms with Crippen LogP contribution in [-0.4, -0.2) is 57.5 Å². The molecule has 1 aliphatic heterocycles. The minimum Gasteiger partial charge on any atom is -0.388 e. The van der Waals surface area contributed by atoms with Gasteiger partial charge < -0.3 is 15.3 Å². The Labute approximate surface area is 141 Å². The van der Waals surface area contributed by atoms with E-state index in [1.165, 1.54) is 0 Å². The fourth-order valence-electron chi connectivity index (χ4n) is 3.14. The van der Waals surface area contributed by atoms with E-state index in [9.17, 15) is 14.7 Å². The van der Waals surface area contributed by atoms with Gasteiger partial charge in [-0.2, -0.15) is 0 Å². The van der Waals surface area contributed by atoms with Gasteiger partial charge in [-0.15, -0.1) is 0 Å². The van der Waals surface area contributed by atoms with Crippen molar-refractivity contribution in [2.24, 2.45) is 0 Å². The molecule has 1 atom stereocenters. The molecule has 0 aromatic carbocycles. The number of piperidine rings is 1. The number of hydrogen-bond acceptors (Lipinski definition) is 5. The highest BCUT2D eigenvalue weighted by Crippen LogP contribution is 2.37. The number of aliphatic hydroxyl groups is 1. The zero-order valence-electron chi connectivity index (χ0n) is 14.0. The van der Waals surface area contributed by atoms with Gasteiger partial charge in [-0.1, -0.05) is 0 Å². The lowest BCUT2D eigenvalue weighted by Crippen LogP contribution is -2.50. The molecule has 2 N–H and O–H groups in total. The van der Waals surface area contributed by atoms with Crippen molar-refractivity contribution in [2.45, 2.75) is 50.0 Å². The van der Waals surface area contributed by atoms with Crippen molar-refractivity contribution in [2.75, 3.05) is 20.1 Å². The molecule has 1 aromatic heterocycles. The molecule has 1 saturated carbocycles. The zero-order chi connectivity index (χ0) is 17.2. The van der Waals surface area contributed by atoms with Crippen molar-refractivity contribution < 1.29 is 14.7 Å². The van der Waals surface area contributed by atoms with Crippen LogP contribution in [0.3, 0.4) is 0 Å². The molecule has 1 aliphatic carbocycles. The van der Waals surface area contributed by atoms with Crippen molar-refractivity contribution in [3.63, 3.8) is 0 Å². The summed E-state index contributed by atoms with van der Waals surface area (Å²) in [5.41, 5.74) is -0.551. The summed E-state index contributed by atoms with van der Waals surface area (Å²) < 4.78 is 0. The molecule has 0 spiro atoms. The summed E-state index contributed by atoms with van der Waals surface area (Å²) >= 11 is 0. The Kier molecular flexibility index (Phi) is 4.80. The topological polar surface area (TPSA) is 95.4 Å². The average molecular weight is 332 g/mol. The molecule has 2 aliphatic rings. The Hall–Kier alpha value is -2.02. The molecule has 1 aromatic rings. The van der Waals surface area contributed by atoms with E-state index >= 15 is 0 Å². The Morgan fingerprint density at radius 1 is 1.38 bits per heavy atom. The second-order valence-corrected chi connectivity index (χ2v) is 6.83. The number of aromatic nitrogens is 2.